The minimum absolute atomic E-state index is 0.167. The Labute approximate surface area is 155 Å². The Morgan fingerprint density at radius 1 is 0.889 bits per heavy atom. The molecule has 0 atom stereocenters. The number of hydrogen-bond acceptors (Lipinski definition) is 3. The summed E-state index contributed by atoms with van der Waals surface area (Å²) in [6.07, 6.45) is 0. The molecule has 0 bridgehead atoms. The van der Waals surface area contributed by atoms with Gasteiger partial charge in [-0.2, -0.15) is 5.10 Å². The fraction of sp³-hybridized carbons (Fsp3) is 0.0455. The third kappa shape index (κ3) is 3.48. The van der Waals surface area contributed by atoms with E-state index in [4.69, 9.17) is 0 Å². The number of carbonyl (C=O) groups excluding carboxylic acids is 1. The first-order valence-electron chi connectivity index (χ1n) is 8.55. The summed E-state index contributed by atoms with van der Waals surface area (Å²) in [5.74, 6) is -0.175. The van der Waals surface area contributed by atoms with Crippen molar-refractivity contribution in [2.24, 2.45) is 7.05 Å². The van der Waals surface area contributed by atoms with Crippen LogP contribution in [0, 0.1) is 0 Å². The van der Waals surface area contributed by atoms with Gasteiger partial charge in [-0.25, -0.2) is 4.68 Å². The Kier molecular flexibility index (Phi) is 4.26. The molecule has 0 spiro atoms. The van der Waals surface area contributed by atoms with E-state index in [-0.39, 0.29) is 11.5 Å². The van der Waals surface area contributed by atoms with E-state index in [1.807, 2.05) is 66.7 Å². The molecule has 0 radical (unpaired) electrons. The maximum absolute atomic E-state index is 12.6. The zero-order valence-corrected chi connectivity index (χ0v) is 14.7. The number of hydrogen-bond donors (Lipinski definition) is 1. The van der Waals surface area contributed by atoms with Gasteiger partial charge >= 0.3 is 0 Å². The van der Waals surface area contributed by atoms with E-state index in [2.05, 4.69) is 10.4 Å². The fourth-order valence-electron chi connectivity index (χ4n) is 2.95. The maximum atomic E-state index is 12.6. The number of aryl methyl sites for hydroxylation is 1. The highest BCUT2D eigenvalue weighted by atomic mass is 16.1. The topological polar surface area (TPSA) is 64.0 Å². The molecule has 4 rings (SSSR count). The third-order valence-corrected chi connectivity index (χ3v) is 4.39. The van der Waals surface area contributed by atoms with Crippen LogP contribution >= 0.6 is 0 Å². The molecule has 1 N–H and O–H groups in total. The minimum atomic E-state index is -0.175. The summed E-state index contributed by atoms with van der Waals surface area (Å²) in [6, 6.07) is 24.1. The summed E-state index contributed by atoms with van der Waals surface area (Å²) < 4.78 is 1.29. The third-order valence-electron chi connectivity index (χ3n) is 4.39. The molecule has 1 aromatic heterocycles. The van der Waals surface area contributed by atoms with Gasteiger partial charge in [-0.1, -0.05) is 42.5 Å². The summed E-state index contributed by atoms with van der Waals surface area (Å²) in [5, 5.41) is 9.29. The fourth-order valence-corrected chi connectivity index (χ4v) is 2.95. The van der Waals surface area contributed by atoms with E-state index >= 15 is 0 Å². The second-order valence-corrected chi connectivity index (χ2v) is 6.28. The predicted molar refractivity (Wildman–Crippen MR) is 107 cm³/mol. The van der Waals surface area contributed by atoms with Crippen LogP contribution < -0.4 is 10.9 Å². The van der Waals surface area contributed by atoms with Gasteiger partial charge in [0.1, 0.15) is 0 Å². The van der Waals surface area contributed by atoms with Crippen molar-refractivity contribution in [3.8, 4) is 11.3 Å². The molecule has 1 heterocycles. The van der Waals surface area contributed by atoms with Gasteiger partial charge in [0.05, 0.1) is 5.69 Å². The molecule has 5 nitrogen and oxygen atoms in total. The molecule has 0 aliphatic carbocycles. The maximum Gasteiger partial charge on any atom is 0.266 e. The molecule has 1 amide bonds. The van der Waals surface area contributed by atoms with Crippen LogP contribution in [0.1, 0.15) is 10.4 Å². The van der Waals surface area contributed by atoms with Crippen molar-refractivity contribution in [3.63, 3.8) is 0 Å². The SMILES string of the molecule is Cn1nc(-c2cccc(NC(=O)c3ccc4ccccc4c3)c2)ccc1=O. The van der Waals surface area contributed by atoms with Gasteiger partial charge in [-0.3, -0.25) is 9.59 Å². The van der Waals surface area contributed by atoms with Gasteiger partial charge < -0.3 is 5.32 Å². The Morgan fingerprint density at radius 2 is 1.70 bits per heavy atom. The normalized spacial score (nSPS) is 10.7. The molecule has 0 saturated carbocycles. The second-order valence-electron chi connectivity index (χ2n) is 6.28. The van der Waals surface area contributed by atoms with Gasteiger partial charge in [0.25, 0.3) is 11.5 Å². The lowest BCUT2D eigenvalue weighted by Crippen LogP contribution is -2.18. The van der Waals surface area contributed by atoms with Crippen molar-refractivity contribution in [2.75, 3.05) is 5.32 Å². The van der Waals surface area contributed by atoms with Crippen molar-refractivity contribution < 1.29 is 4.79 Å². The van der Waals surface area contributed by atoms with Crippen LogP contribution in [-0.4, -0.2) is 15.7 Å². The molecule has 0 fully saturated rings. The first-order chi connectivity index (χ1) is 13.1. The van der Waals surface area contributed by atoms with Gasteiger partial charge in [0.2, 0.25) is 0 Å². The number of aromatic nitrogens is 2. The molecule has 3 aromatic carbocycles. The average molecular weight is 355 g/mol. The molecule has 132 valence electrons. The van der Waals surface area contributed by atoms with Gasteiger partial charge in [0, 0.05) is 29.9 Å². The van der Waals surface area contributed by atoms with E-state index in [9.17, 15) is 9.59 Å². The number of anilines is 1. The number of amides is 1. The largest absolute Gasteiger partial charge is 0.322 e. The van der Waals surface area contributed by atoms with Crippen LogP contribution in [0.25, 0.3) is 22.0 Å². The van der Waals surface area contributed by atoms with E-state index in [1.165, 1.54) is 10.7 Å². The number of nitrogens with one attached hydrogen (secondary N) is 1. The molecular weight excluding hydrogens is 338 g/mol. The molecule has 27 heavy (non-hydrogen) atoms. The predicted octanol–water partition coefficient (Wildman–Crippen LogP) is 3.85. The van der Waals surface area contributed by atoms with E-state index in [1.54, 1.807) is 13.1 Å². The Bertz CT molecular complexity index is 1210. The zero-order valence-electron chi connectivity index (χ0n) is 14.7. The van der Waals surface area contributed by atoms with E-state index < -0.39 is 0 Å². The van der Waals surface area contributed by atoms with Crippen molar-refractivity contribution in [1.29, 1.82) is 0 Å². The molecule has 5 heteroatoms. The van der Waals surface area contributed by atoms with Crippen LogP contribution in [0.2, 0.25) is 0 Å². The lowest BCUT2D eigenvalue weighted by molar-refractivity contribution is 0.102. The Hall–Kier alpha value is -3.73. The molecule has 4 aromatic rings. The van der Waals surface area contributed by atoms with Crippen LogP contribution in [-0.2, 0) is 7.05 Å². The standard InChI is InChI=1S/C22H17N3O2/c1-25-21(26)12-11-20(24-25)17-7-4-8-19(14-17)23-22(27)18-10-9-15-5-2-3-6-16(15)13-18/h2-14H,1H3,(H,23,27). The van der Waals surface area contributed by atoms with Crippen LogP contribution in [0.5, 0.6) is 0 Å². The summed E-state index contributed by atoms with van der Waals surface area (Å²) in [6.45, 7) is 0. The van der Waals surface area contributed by atoms with Crippen molar-refractivity contribution in [1.82, 2.24) is 9.78 Å². The summed E-state index contributed by atoms with van der Waals surface area (Å²) in [5.41, 5.74) is 2.58. The second kappa shape index (κ2) is 6.88. The van der Waals surface area contributed by atoms with E-state index in [0.717, 1.165) is 16.3 Å². The molecule has 0 aliphatic heterocycles. The molecule has 0 unspecified atom stereocenters. The number of benzene rings is 3. The minimum Gasteiger partial charge on any atom is -0.322 e. The molecule has 0 aliphatic rings. The number of rotatable bonds is 3. The van der Waals surface area contributed by atoms with E-state index in [0.29, 0.717) is 16.9 Å². The first-order valence-corrected chi connectivity index (χ1v) is 8.55. The quantitative estimate of drug-likeness (QED) is 0.607. The smallest absolute Gasteiger partial charge is 0.266 e. The number of carbonyl (C=O) groups is 1. The first kappa shape index (κ1) is 16.7. The van der Waals surface area contributed by atoms with Gasteiger partial charge in [0.15, 0.2) is 0 Å². The lowest BCUT2D eigenvalue weighted by atomic mass is 10.1. The van der Waals surface area contributed by atoms with Gasteiger partial charge in [-0.15, -0.1) is 0 Å². The molecular formula is C22H17N3O2. The highest BCUT2D eigenvalue weighted by molar-refractivity contribution is 6.06. The lowest BCUT2D eigenvalue weighted by Gasteiger charge is -2.09. The summed E-state index contributed by atoms with van der Waals surface area (Å²) in [4.78, 5) is 24.1. The summed E-state index contributed by atoms with van der Waals surface area (Å²) >= 11 is 0. The summed E-state index contributed by atoms with van der Waals surface area (Å²) in [7, 11) is 1.61. The zero-order chi connectivity index (χ0) is 18.8. The van der Waals surface area contributed by atoms with Crippen molar-refractivity contribution in [2.45, 2.75) is 0 Å². The Morgan fingerprint density at radius 3 is 2.52 bits per heavy atom. The van der Waals surface area contributed by atoms with Crippen LogP contribution in [0.4, 0.5) is 5.69 Å². The van der Waals surface area contributed by atoms with Crippen molar-refractivity contribution >= 4 is 22.4 Å². The number of fused-ring (bicyclic) bond motifs is 1. The van der Waals surface area contributed by atoms with Crippen molar-refractivity contribution in [3.05, 3.63) is 94.8 Å². The number of nitrogens with zero attached hydrogens (tertiary/aromatic N) is 2. The highest BCUT2D eigenvalue weighted by Crippen LogP contribution is 2.21. The average Bonchev–Trinajstić information content (AvgIpc) is 2.70. The van der Waals surface area contributed by atoms with Crippen LogP contribution in [0.15, 0.2) is 83.7 Å². The van der Waals surface area contributed by atoms with Gasteiger partial charge in [-0.05, 0) is 41.1 Å². The molecule has 0 saturated heterocycles. The Balaban J connectivity index is 1.61. The van der Waals surface area contributed by atoms with Crippen LogP contribution in [0.3, 0.4) is 0 Å². The highest BCUT2D eigenvalue weighted by Gasteiger charge is 2.08. The monoisotopic (exact) mass is 355 g/mol.